The van der Waals surface area contributed by atoms with Crippen molar-refractivity contribution in [3.05, 3.63) is 182 Å². The normalized spacial score (nSPS) is 18.4. The molecule has 5 aliphatic rings. The molecule has 1 fully saturated rings. The number of aryl methyl sites for hydroxylation is 2. The highest BCUT2D eigenvalue weighted by Gasteiger charge is 2.48. The van der Waals surface area contributed by atoms with Crippen molar-refractivity contribution in [1.82, 2.24) is 40.8 Å². The molecule has 5 N–H and O–H groups in total. The number of piperidine rings is 1. The number of allylic oxidation sites excluding steroid dienone is 3. The number of likely N-dealkylation sites (N-methyl/N-ethyl adjacent to an activating group) is 1. The molecular formula is C67H77N11O4. The zero-order valence-corrected chi connectivity index (χ0v) is 48.7. The van der Waals surface area contributed by atoms with Crippen LogP contribution in [0.2, 0.25) is 0 Å². The number of aromatic nitrogens is 4. The lowest BCUT2D eigenvalue weighted by molar-refractivity contribution is -0.121. The number of carbonyl (C=O) groups is 3. The molecule has 1 saturated heterocycles. The highest BCUT2D eigenvalue weighted by atomic mass is 16.3. The summed E-state index contributed by atoms with van der Waals surface area (Å²) in [6.45, 7) is 20.5. The van der Waals surface area contributed by atoms with E-state index >= 15 is 0 Å². The zero-order valence-electron chi connectivity index (χ0n) is 48.7. The quantitative estimate of drug-likeness (QED) is 0.0432. The van der Waals surface area contributed by atoms with Crippen molar-refractivity contribution >= 4 is 40.4 Å². The lowest BCUT2D eigenvalue weighted by Crippen LogP contribution is -2.56. The second kappa shape index (κ2) is 23.0. The van der Waals surface area contributed by atoms with Crippen molar-refractivity contribution in [3.63, 3.8) is 0 Å². The first-order valence-corrected chi connectivity index (χ1v) is 29.4. The topological polar surface area (TPSA) is 181 Å². The van der Waals surface area contributed by atoms with Gasteiger partial charge in [-0.2, -0.15) is 0 Å². The average Bonchev–Trinajstić information content (AvgIpc) is 3.63. The van der Waals surface area contributed by atoms with Gasteiger partial charge in [-0.3, -0.25) is 24.7 Å². The van der Waals surface area contributed by atoms with E-state index in [9.17, 15) is 19.5 Å². The van der Waals surface area contributed by atoms with Crippen molar-refractivity contribution in [2.45, 2.75) is 123 Å². The van der Waals surface area contributed by atoms with E-state index in [0.717, 1.165) is 74.0 Å². The third-order valence-corrected chi connectivity index (χ3v) is 17.7. The van der Waals surface area contributed by atoms with E-state index in [1.807, 2.05) is 49.5 Å². The summed E-state index contributed by atoms with van der Waals surface area (Å²) in [5.74, 6) is 1.05. The minimum atomic E-state index is -0.252. The van der Waals surface area contributed by atoms with Crippen LogP contribution in [0.1, 0.15) is 139 Å². The predicted octanol–water partition coefficient (Wildman–Crippen LogP) is 10.7. The fourth-order valence-electron chi connectivity index (χ4n) is 13.7. The molecule has 424 valence electrons. The van der Waals surface area contributed by atoms with Gasteiger partial charge in [-0.1, -0.05) is 88.4 Å². The van der Waals surface area contributed by atoms with E-state index in [1.54, 1.807) is 48.2 Å². The molecule has 0 bridgehead atoms. The van der Waals surface area contributed by atoms with Crippen LogP contribution in [0.25, 0.3) is 17.0 Å². The van der Waals surface area contributed by atoms with Crippen LogP contribution in [0.5, 0.6) is 5.75 Å². The van der Waals surface area contributed by atoms with Crippen LogP contribution in [0.15, 0.2) is 126 Å². The van der Waals surface area contributed by atoms with E-state index < -0.39 is 0 Å². The van der Waals surface area contributed by atoms with Crippen molar-refractivity contribution in [3.8, 4) is 17.1 Å². The molecule has 15 heteroatoms. The number of likely N-dealkylation sites (tertiary alicyclic amines) is 1. The van der Waals surface area contributed by atoms with E-state index in [2.05, 4.69) is 124 Å². The highest BCUT2D eigenvalue weighted by molar-refractivity contribution is 6.04. The molecule has 1 aromatic heterocycles. The van der Waals surface area contributed by atoms with Crippen LogP contribution < -0.4 is 26.4 Å². The Kier molecular flexibility index (Phi) is 15.6. The number of hydrogen-bond donors (Lipinski definition) is 5. The molecule has 0 spiro atoms. The Labute approximate surface area is 482 Å². The van der Waals surface area contributed by atoms with Gasteiger partial charge in [-0.15, -0.1) is 20.4 Å². The van der Waals surface area contributed by atoms with Crippen LogP contribution in [0, 0.1) is 12.8 Å². The summed E-state index contributed by atoms with van der Waals surface area (Å²) in [6, 6.07) is 30.8. The Morgan fingerprint density at radius 1 is 0.829 bits per heavy atom. The third kappa shape index (κ3) is 11.0. The van der Waals surface area contributed by atoms with E-state index in [-0.39, 0.29) is 46.9 Å². The number of nitrogens with one attached hydrogen (secondary N) is 4. The number of benzene rings is 5. The Bertz CT molecular complexity index is 3530. The molecule has 2 aliphatic carbocycles. The lowest BCUT2D eigenvalue weighted by atomic mass is 9.59. The van der Waals surface area contributed by atoms with Gasteiger partial charge in [0.2, 0.25) is 11.7 Å². The first-order valence-electron chi connectivity index (χ1n) is 29.4. The van der Waals surface area contributed by atoms with Crippen LogP contribution in [0.4, 0.5) is 17.1 Å². The van der Waals surface area contributed by atoms with Crippen LogP contribution >= 0.6 is 0 Å². The lowest BCUT2D eigenvalue weighted by Gasteiger charge is -2.53. The first-order chi connectivity index (χ1) is 39.5. The van der Waals surface area contributed by atoms with Crippen molar-refractivity contribution in [2.75, 3.05) is 55.5 Å². The van der Waals surface area contributed by atoms with E-state index in [0.29, 0.717) is 72.5 Å². The third-order valence-electron chi connectivity index (χ3n) is 17.7. The smallest absolute Gasteiger partial charge is 0.254 e. The molecule has 5 aromatic carbocycles. The number of rotatable bonds is 17. The molecule has 2 atom stereocenters. The van der Waals surface area contributed by atoms with Gasteiger partial charge >= 0.3 is 0 Å². The zero-order chi connectivity index (χ0) is 57.5. The maximum atomic E-state index is 14.9. The fraction of sp³-hybridized carbons (Fsp3) is 0.388. The minimum Gasteiger partial charge on any atom is -0.506 e. The number of phenols is 1. The van der Waals surface area contributed by atoms with Gasteiger partial charge < -0.3 is 31.0 Å². The number of phenolic OH excluding ortho intramolecular Hbond substituents is 1. The summed E-state index contributed by atoms with van der Waals surface area (Å²) < 4.78 is 0. The summed E-state index contributed by atoms with van der Waals surface area (Å²) in [5.41, 5.74) is 24.2. The number of hydrogen-bond acceptors (Lipinski definition) is 12. The molecule has 4 heterocycles. The summed E-state index contributed by atoms with van der Waals surface area (Å²) in [4.78, 5) is 48.1. The second-order valence-electron chi connectivity index (χ2n) is 24.1. The maximum Gasteiger partial charge on any atom is 0.254 e. The molecule has 0 radical (unpaired) electrons. The number of nitrogens with zero attached hydrogens (tertiary/aromatic N) is 7. The highest BCUT2D eigenvalue weighted by Crippen LogP contribution is 2.57. The van der Waals surface area contributed by atoms with Gasteiger partial charge in [0.05, 0.1) is 17.4 Å². The molecule has 0 saturated carbocycles. The number of carbonyl (C=O) groups excluding carboxylic acids is 3. The van der Waals surface area contributed by atoms with Crippen molar-refractivity contribution < 1.29 is 19.5 Å². The Morgan fingerprint density at radius 3 is 2.30 bits per heavy atom. The molecule has 2 unspecified atom stereocenters. The van der Waals surface area contributed by atoms with E-state index in [4.69, 9.17) is 0 Å². The van der Waals surface area contributed by atoms with Crippen molar-refractivity contribution in [2.24, 2.45) is 5.92 Å². The summed E-state index contributed by atoms with van der Waals surface area (Å²) in [7, 11) is 1.85. The second-order valence-corrected chi connectivity index (χ2v) is 24.1. The molecule has 3 amide bonds. The van der Waals surface area contributed by atoms with Gasteiger partial charge in [0.25, 0.3) is 11.8 Å². The van der Waals surface area contributed by atoms with Gasteiger partial charge in [-0.25, -0.2) is 0 Å². The number of anilines is 3. The van der Waals surface area contributed by atoms with E-state index in [1.165, 1.54) is 50.2 Å². The Hall–Kier alpha value is -8.17. The summed E-state index contributed by atoms with van der Waals surface area (Å²) >= 11 is 0. The number of aromatic hydroxyl groups is 1. The van der Waals surface area contributed by atoms with Gasteiger partial charge in [0.1, 0.15) is 5.75 Å². The minimum absolute atomic E-state index is 0.0501. The standard InChI is InChI=1S/C67H77N11O4/c1-9-78-57-38-55-53(37-52(57)41(2)39-66(78,4)5)60(54-36-47-15-12-33-77-34-13-18-51(62(47)77)61(54)67(55,6)7)49-16-10-11-17-50(49)65(82)76(8)32-14-19-59(80)68-31-30-43-22-29-56(58(79)35-43)73-72-48-27-25-46(26-28-48)64(81)69-40-44-20-23-45(24-21-44)63-74-70-42(3)71-75-63/h10-11,16-17,20-29,35-38,41,57,72-73,79H,9,12-15,18-19,30-34,39-40H2,1-8H3,(H,68,80)(H,69,81). The monoisotopic (exact) mass is 1100 g/mol. The molecule has 6 aromatic rings. The Balaban J connectivity index is 0.698. The van der Waals surface area contributed by atoms with Crippen molar-refractivity contribution in [1.29, 1.82) is 0 Å². The summed E-state index contributed by atoms with van der Waals surface area (Å²) in [6.07, 6.45) is 12.0. The molecular weight excluding hydrogens is 1020 g/mol. The Morgan fingerprint density at radius 2 is 1.56 bits per heavy atom. The summed E-state index contributed by atoms with van der Waals surface area (Å²) in [5, 5.41) is 32.9. The fourth-order valence-corrected chi connectivity index (χ4v) is 13.7. The largest absolute Gasteiger partial charge is 0.506 e. The molecule has 3 aliphatic heterocycles. The molecule has 11 rings (SSSR count). The van der Waals surface area contributed by atoms with Crippen LogP contribution in [0.3, 0.4) is 0 Å². The van der Waals surface area contributed by atoms with Gasteiger partial charge in [0.15, 0.2) is 5.82 Å². The first kappa shape index (κ1) is 55.7. The maximum absolute atomic E-state index is 14.9. The van der Waals surface area contributed by atoms with Gasteiger partial charge in [-0.05, 0) is 188 Å². The number of amides is 3. The van der Waals surface area contributed by atoms with Gasteiger partial charge in [0, 0.05) is 79.5 Å². The average molecular weight is 1100 g/mol. The SMILES string of the molecule is CCN1C2C=C3C(=C(c4ccccc4C(=O)N(C)CCCC(=O)NCCc4ccc(NNc5ccc(C(=O)NCc6ccc(-c7nnc(C)nn7)cc6)cc5)c(O)c4)c4cc5c6c(c4C3(C)C)CCCN6CCC5)C=C2C(C)CC1(C)C. The molecule has 15 nitrogen and oxygen atoms in total. The number of hydrazine groups is 1. The molecule has 82 heavy (non-hydrogen) atoms. The van der Waals surface area contributed by atoms with Crippen LogP contribution in [-0.2, 0) is 36.0 Å². The number of fused-ring (bicyclic) bond motifs is 4. The predicted molar refractivity (Wildman–Crippen MR) is 325 cm³/mol. The van der Waals surface area contributed by atoms with Crippen LogP contribution in [-0.4, -0.2) is 104 Å².